The van der Waals surface area contributed by atoms with Crippen LogP contribution in [0.1, 0.15) is 26.3 Å². The molecule has 20 heavy (non-hydrogen) atoms. The van der Waals surface area contributed by atoms with E-state index in [1.807, 2.05) is 6.92 Å². The molecule has 1 saturated heterocycles. The highest BCUT2D eigenvalue weighted by Crippen LogP contribution is 2.26. The number of ether oxygens (including phenoxy) is 1. The largest absolute Gasteiger partial charge is 0.394 e. The molecular formula is C14H24N4O2. The smallest absolute Gasteiger partial charge is 0.137 e. The fourth-order valence-corrected chi connectivity index (χ4v) is 2.64. The van der Waals surface area contributed by atoms with Crippen molar-refractivity contribution in [3.63, 3.8) is 0 Å². The summed E-state index contributed by atoms with van der Waals surface area (Å²) in [6.07, 6.45) is 2.40. The molecule has 0 spiro atoms. The molecule has 1 aromatic heterocycles. The minimum absolute atomic E-state index is 0.0352. The molecule has 0 radical (unpaired) electrons. The summed E-state index contributed by atoms with van der Waals surface area (Å²) in [4.78, 5) is 11.0. The Labute approximate surface area is 120 Å². The van der Waals surface area contributed by atoms with Crippen LogP contribution in [0.3, 0.4) is 0 Å². The quantitative estimate of drug-likeness (QED) is 0.840. The number of hydrogen-bond donors (Lipinski definition) is 2. The van der Waals surface area contributed by atoms with Crippen molar-refractivity contribution in [3.05, 3.63) is 11.9 Å². The van der Waals surface area contributed by atoms with Gasteiger partial charge < -0.3 is 20.1 Å². The van der Waals surface area contributed by atoms with Crippen molar-refractivity contribution in [2.45, 2.75) is 39.4 Å². The zero-order valence-corrected chi connectivity index (χ0v) is 12.5. The summed E-state index contributed by atoms with van der Waals surface area (Å²) in [6.45, 7) is 8.50. The van der Waals surface area contributed by atoms with Gasteiger partial charge in [-0.25, -0.2) is 9.97 Å². The highest BCUT2D eigenvalue weighted by molar-refractivity contribution is 5.59. The predicted molar refractivity (Wildman–Crippen MR) is 79.2 cm³/mol. The van der Waals surface area contributed by atoms with E-state index >= 15 is 0 Å². The molecule has 2 heterocycles. The van der Waals surface area contributed by atoms with Crippen LogP contribution >= 0.6 is 0 Å². The van der Waals surface area contributed by atoms with Crippen LogP contribution in [0.25, 0.3) is 0 Å². The van der Waals surface area contributed by atoms with E-state index in [0.717, 1.165) is 36.7 Å². The van der Waals surface area contributed by atoms with E-state index in [2.05, 4.69) is 34.0 Å². The van der Waals surface area contributed by atoms with Gasteiger partial charge in [-0.15, -0.1) is 0 Å². The lowest BCUT2D eigenvalue weighted by atomic mass is 10.1. The van der Waals surface area contributed by atoms with Crippen LogP contribution in [0.5, 0.6) is 0 Å². The lowest BCUT2D eigenvalue weighted by Crippen LogP contribution is -2.48. The second-order valence-electron chi connectivity index (χ2n) is 5.06. The maximum atomic E-state index is 9.34. The molecule has 2 atom stereocenters. The van der Waals surface area contributed by atoms with Gasteiger partial charge in [-0.3, -0.25) is 0 Å². The van der Waals surface area contributed by atoms with Crippen LogP contribution in [0.2, 0.25) is 0 Å². The zero-order chi connectivity index (χ0) is 14.5. The van der Waals surface area contributed by atoms with Gasteiger partial charge in [-0.05, 0) is 20.3 Å². The second-order valence-corrected chi connectivity index (χ2v) is 5.06. The molecular weight excluding hydrogens is 256 g/mol. The summed E-state index contributed by atoms with van der Waals surface area (Å²) >= 11 is 0. The van der Waals surface area contributed by atoms with E-state index in [-0.39, 0.29) is 18.8 Å². The summed E-state index contributed by atoms with van der Waals surface area (Å²) in [6, 6.07) is 0. The Morgan fingerprint density at radius 2 is 2.20 bits per heavy atom. The maximum Gasteiger partial charge on any atom is 0.137 e. The van der Waals surface area contributed by atoms with Gasteiger partial charge in [-0.2, -0.15) is 0 Å². The topological polar surface area (TPSA) is 70.5 Å². The summed E-state index contributed by atoms with van der Waals surface area (Å²) in [5.74, 6) is 1.85. The van der Waals surface area contributed by atoms with Crippen LogP contribution in [0.15, 0.2) is 6.33 Å². The molecule has 2 unspecified atom stereocenters. The molecule has 0 saturated carbocycles. The Kier molecular flexibility index (Phi) is 5.14. The van der Waals surface area contributed by atoms with Crippen LogP contribution in [-0.2, 0) is 11.2 Å². The van der Waals surface area contributed by atoms with Crippen LogP contribution in [0.4, 0.5) is 11.6 Å². The third-order valence-electron chi connectivity index (χ3n) is 3.45. The first kappa shape index (κ1) is 15.0. The molecule has 0 aromatic carbocycles. The van der Waals surface area contributed by atoms with E-state index in [9.17, 15) is 5.11 Å². The van der Waals surface area contributed by atoms with Crippen molar-refractivity contribution in [1.29, 1.82) is 0 Å². The third-order valence-corrected chi connectivity index (χ3v) is 3.45. The standard InChI is InChI=1S/C14H24N4O2/c1-4-12-13(15-5-2)16-9-17-14(12)18-6-10(3)20-11(7-18)8-19/h9-11,19H,4-8H2,1-3H3,(H,15,16,17). The highest BCUT2D eigenvalue weighted by Gasteiger charge is 2.27. The van der Waals surface area contributed by atoms with Crippen molar-refractivity contribution in [2.24, 2.45) is 0 Å². The Morgan fingerprint density at radius 1 is 1.40 bits per heavy atom. The number of nitrogens with zero attached hydrogens (tertiary/aromatic N) is 3. The number of rotatable bonds is 5. The van der Waals surface area contributed by atoms with Crippen molar-refractivity contribution in [1.82, 2.24) is 9.97 Å². The Morgan fingerprint density at radius 3 is 2.85 bits per heavy atom. The molecule has 2 N–H and O–H groups in total. The minimum atomic E-state index is -0.152. The first-order valence-electron chi connectivity index (χ1n) is 7.28. The van der Waals surface area contributed by atoms with E-state index in [1.165, 1.54) is 0 Å². The van der Waals surface area contributed by atoms with E-state index < -0.39 is 0 Å². The molecule has 6 heteroatoms. The van der Waals surface area contributed by atoms with Crippen LogP contribution in [-0.4, -0.2) is 53.5 Å². The average molecular weight is 280 g/mol. The van der Waals surface area contributed by atoms with E-state index in [4.69, 9.17) is 4.74 Å². The summed E-state index contributed by atoms with van der Waals surface area (Å²) in [5.41, 5.74) is 1.13. The van der Waals surface area contributed by atoms with E-state index in [1.54, 1.807) is 6.33 Å². The molecule has 6 nitrogen and oxygen atoms in total. The molecule has 2 rings (SSSR count). The number of aliphatic hydroxyl groups excluding tert-OH is 1. The Hall–Kier alpha value is -1.40. The second kappa shape index (κ2) is 6.85. The molecule has 0 amide bonds. The van der Waals surface area contributed by atoms with Gasteiger partial charge in [0.15, 0.2) is 0 Å². The van der Waals surface area contributed by atoms with Gasteiger partial charge in [0, 0.05) is 25.2 Å². The summed E-state index contributed by atoms with van der Waals surface area (Å²) < 4.78 is 5.69. The van der Waals surface area contributed by atoms with Crippen molar-refractivity contribution in [3.8, 4) is 0 Å². The number of nitrogens with one attached hydrogen (secondary N) is 1. The highest BCUT2D eigenvalue weighted by atomic mass is 16.5. The molecule has 1 fully saturated rings. The normalized spacial score (nSPS) is 22.9. The van der Waals surface area contributed by atoms with E-state index in [0.29, 0.717) is 6.54 Å². The van der Waals surface area contributed by atoms with Crippen molar-refractivity contribution >= 4 is 11.6 Å². The van der Waals surface area contributed by atoms with Crippen molar-refractivity contribution < 1.29 is 9.84 Å². The monoisotopic (exact) mass is 280 g/mol. The fraction of sp³-hybridized carbons (Fsp3) is 0.714. The number of anilines is 2. The van der Waals surface area contributed by atoms with Gasteiger partial charge in [0.25, 0.3) is 0 Å². The fourth-order valence-electron chi connectivity index (χ4n) is 2.64. The lowest BCUT2D eigenvalue weighted by Gasteiger charge is -2.37. The predicted octanol–water partition coefficient (Wildman–Crippen LogP) is 1.06. The van der Waals surface area contributed by atoms with Crippen LogP contribution < -0.4 is 10.2 Å². The lowest BCUT2D eigenvalue weighted by molar-refractivity contribution is -0.0423. The number of aromatic nitrogens is 2. The van der Waals surface area contributed by atoms with Crippen molar-refractivity contribution in [2.75, 3.05) is 36.5 Å². The van der Waals surface area contributed by atoms with Gasteiger partial charge in [0.05, 0.1) is 18.8 Å². The molecule has 0 bridgehead atoms. The van der Waals surface area contributed by atoms with Gasteiger partial charge >= 0.3 is 0 Å². The summed E-state index contributed by atoms with van der Waals surface area (Å²) in [7, 11) is 0. The Balaban J connectivity index is 2.28. The molecule has 112 valence electrons. The summed E-state index contributed by atoms with van der Waals surface area (Å²) in [5, 5.41) is 12.6. The van der Waals surface area contributed by atoms with Crippen LogP contribution in [0, 0.1) is 0 Å². The SMILES string of the molecule is CCNc1ncnc(N2CC(C)OC(CO)C2)c1CC. The first-order valence-corrected chi connectivity index (χ1v) is 7.28. The molecule has 1 aliphatic rings. The zero-order valence-electron chi connectivity index (χ0n) is 12.5. The number of hydrogen-bond acceptors (Lipinski definition) is 6. The molecule has 0 aliphatic carbocycles. The molecule has 1 aliphatic heterocycles. The van der Waals surface area contributed by atoms with Gasteiger partial charge in [0.1, 0.15) is 18.0 Å². The minimum Gasteiger partial charge on any atom is -0.394 e. The maximum absolute atomic E-state index is 9.34. The van der Waals surface area contributed by atoms with Gasteiger partial charge in [-0.1, -0.05) is 6.92 Å². The van der Waals surface area contributed by atoms with Gasteiger partial charge in [0.2, 0.25) is 0 Å². The average Bonchev–Trinajstić information content (AvgIpc) is 2.46. The first-order chi connectivity index (χ1) is 9.69. The molecule has 1 aromatic rings. The third kappa shape index (κ3) is 3.19. The number of morpholine rings is 1. The Bertz CT molecular complexity index is 441. The number of aliphatic hydroxyl groups is 1.